The van der Waals surface area contributed by atoms with Crippen LogP contribution in [0.1, 0.15) is 29.2 Å². The maximum Gasteiger partial charge on any atom is 0.295 e. The zero-order valence-electron chi connectivity index (χ0n) is 17.7. The molecule has 4 rings (SSSR count). The van der Waals surface area contributed by atoms with Gasteiger partial charge < -0.3 is 14.7 Å². The van der Waals surface area contributed by atoms with Crippen LogP contribution in [-0.2, 0) is 14.3 Å². The lowest BCUT2D eigenvalue weighted by Crippen LogP contribution is -2.38. The fraction of sp³-hybridized carbons (Fsp3) is 0.375. The van der Waals surface area contributed by atoms with E-state index in [1.807, 2.05) is 19.1 Å². The van der Waals surface area contributed by atoms with Gasteiger partial charge in [-0.1, -0.05) is 29.8 Å². The SMILES string of the molecule is Cc1ccc(C(O)=C2C(=O)C(=O)N(CCCN3CCOCC3)[C@H]2c2ccncc2)cc1. The van der Waals surface area contributed by atoms with E-state index in [1.54, 1.807) is 41.6 Å². The van der Waals surface area contributed by atoms with Gasteiger partial charge in [-0.3, -0.25) is 19.5 Å². The lowest BCUT2D eigenvalue weighted by molar-refractivity contribution is -0.140. The maximum absolute atomic E-state index is 13.0. The van der Waals surface area contributed by atoms with Gasteiger partial charge in [-0.05, 0) is 31.0 Å². The molecule has 0 bridgehead atoms. The van der Waals surface area contributed by atoms with Gasteiger partial charge in [0.1, 0.15) is 5.76 Å². The number of nitrogens with zero attached hydrogens (tertiary/aromatic N) is 3. The minimum Gasteiger partial charge on any atom is -0.507 e. The third kappa shape index (κ3) is 4.52. The number of ketones is 1. The topological polar surface area (TPSA) is 83.0 Å². The molecule has 2 aliphatic heterocycles. The van der Waals surface area contributed by atoms with Crippen LogP contribution >= 0.6 is 0 Å². The lowest BCUT2D eigenvalue weighted by atomic mass is 9.95. The third-order valence-corrected chi connectivity index (χ3v) is 5.86. The summed E-state index contributed by atoms with van der Waals surface area (Å²) in [6.45, 7) is 6.40. The van der Waals surface area contributed by atoms with Crippen molar-refractivity contribution in [2.45, 2.75) is 19.4 Å². The Balaban J connectivity index is 1.64. The summed E-state index contributed by atoms with van der Waals surface area (Å²) in [5.74, 6) is -1.36. The summed E-state index contributed by atoms with van der Waals surface area (Å²) in [6, 6.07) is 10.2. The average Bonchev–Trinajstić information content (AvgIpc) is 3.05. The molecule has 1 amide bonds. The maximum atomic E-state index is 13.0. The van der Waals surface area contributed by atoms with E-state index >= 15 is 0 Å². The molecule has 2 saturated heterocycles. The molecule has 7 heteroatoms. The molecule has 2 fully saturated rings. The highest BCUT2D eigenvalue weighted by atomic mass is 16.5. The standard InChI is InChI=1S/C24H27N3O4/c1-17-3-5-19(6-4-17)22(28)20-21(18-7-9-25-10-8-18)27(24(30)23(20)29)12-2-11-26-13-15-31-16-14-26/h3-10,21,28H,2,11-16H2,1H3/t21-/m0/s1. The zero-order chi connectivity index (χ0) is 21.8. The molecule has 0 aliphatic carbocycles. The Hall–Kier alpha value is -3.03. The van der Waals surface area contributed by atoms with Crippen LogP contribution in [0.5, 0.6) is 0 Å². The van der Waals surface area contributed by atoms with Gasteiger partial charge in [0.2, 0.25) is 0 Å². The number of ether oxygens (including phenoxy) is 1. The van der Waals surface area contributed by atoms with Gasteiger partial charge in [0.25, 0.3) is 11.7 Å². The summed E-state index contributed by atoms with van der Waals surface area (Å²) in [5.41, 5.74) is 2.46. The highest BCUT2D eigenvalue weighted by Crippen LogP contribution is 2.39. The number of likely N-dealkylation sites (tertiary alicyclic amines) is 1. The quantitative estimate of drug-likeness (QED) is 0.439. The van der Waals surface area contributed by atoms with Gasteiger partial charge in [0.05, 0.1) is 24.8 Å². The second-order valence-corrected chi connectivity index (χ2v) is 7.95. The molecule has 3 heterocycles. The van der Waals surface area contributed by atoms with E-state index in [-0.39, 0.29) is 11.3 Å². The molecule has 1 aromatic carbocycles. The molecule has 0 saturated carbocycles. The number of hydrogen-bond donors (Lipinski definition) is 1. The Kier molecular flexibility index (Phi) is 6.44. The van der Waals surface area contributed by atoms with Crippen molar-refractivity contribution in [3.63, 3.8) is 0 Å². The van der Waals surface area contributed by atoms with Crippen LogP contribution in [0, 0.1) is 6.92 Å². The van der Waals surface area contributed by atoms with Crippen molar-refractivity contribution in [1.29, 1.82) is 0 Å². The Morgan fingerprint density at radius 1 is 1.06 bits per heavy atom. The number of hydrogen-bond acceptors (Lipinski definition) is 6. The zero-order valence-corrected chi connectivity index (χ0v) is 17.7. The predicted octanol–water partition coefficient (Wildman–Crippen LogP) is 2.53. The first-order valence-corrected chi connectivity index (χ1v) is 10.6. The predicted molar refractivity (Wildman–Crippen MR) is 116 cm³/mol. The van der Waals surface area contributed by atoms with Crippen molar-refractivity contribution in [3.05, 3.63) is 71.1 Å². The number of aromatic nitrogens is 1. The van der Waals surface area contributed by atoms with Gasteiger partial charge >= 0.3 is 0 Å². The van der Waals surface area contributed by atoms with Crippen LogP contribution in [0.3, 0.4) is 0 Å². The second-order valence-electron chi connectivity index (χ2n) is 7.95. The van der Waals surface area contributed by atoms with Crippen LogP contribution in [-0.4, -0.2) is 71.0 Å². The van der Waals surface area contributed by atoms with Crippen LogP contribution in [0.25, 0.3) is 5.76 Å². The van der Waals surface area contributed by atoms with Gasteiger partial charge in [-0.2, -0.15) is 0 Å². The number of benzene rings is 1. The summed E-state index contributed by atoms with van der Waals surface area (Å²) in [5, 5.41) is 11.0. The van der Waals surface area contributed by atoms with Crippen molar-refractivity contribution in [1.82, 2.24) is 14.8 Å². The van der Waals surface area contributed by atoms with E-state index in [4.69, 9.17) is 4.74 Å². The Morgan fingerprint density at radius 3 is 2.42 bits per heavy atom. The highest BCUT2D eigenvalue weighted by Gasteiger charge is 2.45. The molecule has 0 spiro atoms. The number of rotatable bonds is 6. The number of Topliss-reactive ketones (excluding diaryl/α,β-unsaturated/α-hetero) is 1. The summed E-state index contributed by atoms with van der Waals surface area (Å²) >= 11 is 0. The molecular weight excluding hydrogens is 394 g/mol. The van der Waals surface area contributed by atoms with Gasteiger partial charge in [0.15, 0.2) is 0 Å². The number of morpholine rings is 1. The molecule has 162 valence electrons. The molecule has 1 N–H and O–H groups in total. The normalized spacial score (nSPS) is 21.6. The first kappa shape index (κ1) is 21.2. The summed E-state index contributed by atoms with van der Waals surface area (Å²) in [6.07, 6.45) is 4.00. The molecule has 0 radical (unpaired) electrons. The van der Waals surface area contributed by atoms with Crippen molar-refractivity contribution in [2.75, 3.05) is 39.4 Å². The van der Waals surface area contributed by atoms with E-state index in [9.17, 15) is 14.7 Å². The molecule has 2 aliphatic rings. The number of aliphatic hydroxyl groups excluding tert-OH is 1. The Morgan fingerprint density at radius 2 is 1.74 bits per heavy atom. The average molecular weight is 421 g/mol. The van der Waals surface area contributed by atoms with Crippen molar-refractivity contribution < 1.29 is 19.4 Å². The van der Waals surface area contributed by atoms with Crippen LogP contribution < -0.4 is 0 Å². The number of carbonyl (C=O) groups is 2. The monoisotopic (exact) mass is 421 g/mol. The first-order chi connectivity index (χ1) is 15.1. The number of amides is 1. The molecule has 1 aromatic heterocycles. The molecule has 1 atom stereocenters. The van der Waals surface area contributed by atoms with E-state index in [0.29, 0.717) is 12.1 Å². The summed E-state index contributed by atoms with van der Waals surface area (Å²) < 4.78 is 5.38. The van der Waals surface area contributed by atoms with Crippen LogP contribution in [0.15, 0.2) is 54.4 Å². The summed E-state index contributed by atoms with van der Waals surface area (Å²) in [7, 11) is 0. The number of aryl methyl sites for hydroxylation is 1. The molecule has 31 heavy (non-hydrogen) atoms. The molecular formula is C24H27N3O4. The van der Waals surface area contributed by atoms with Gasteiger partial charge in [0, 0.05) is 44.1 Å². The van der Waals surface area contributed by atoms with Crippen molar-refractivity contribution in [3.8, 4) is 0 Å². The Bertz CT molecular complexity index is 966. The summed E-state index contributed by atoms with van der Waals surface area (Å²) in [4.78, 5) is 33.9. The molecule has 2 aromatic rings. The number of carbonyl (C=O) groups excluding carboxylic acids is 2. The highest BCUT2D eigenvalue weighted by molar-refractivity contribution is 6.46. The second kappa shape index (κ2) is 9.41. The number of aliphatic hydroxyl groups is 1. The number of pyridine rings is 1. The third-order valence-electron chi connectivity index (χ3n) is 5.86. The van der Waals surface area contributed by atoms with Crippen LogP contribution in [0.4, 0.5) is 0 Å². The van der Waals surface area contributed by atoms with Crippen LogP contribution in [0.2, 0.25) is 0 Å². The van der Waals surface area contributed by atoms with Crippen molar-refractivity contribution >= 4 is 17.4 Å². The van der Waals surface area contributed by atoms with Gasteiger partial charge in [-0.25, -0.2) is 0 Å². The Labute approximate surface area is 182 Å². The molecule has 7 nitrogen and oxygen atoms in total. The fourth-order valence-electron chi connectivity index (χ4n) is 4.16. The van der Waals surface area contributed by atoms with Crippen molar-refractivity contribution in [2.24, 2.45) is 0 Å². The fourth-order valence-corrected chi connectivity index (χ4v) is 4.16. The van der Waals surface area contributed by atoms with E-state index in [2.05, 4.69) is 9.88 Å². The van der Waals surface area contributed by atoms with E-state index in [1.165, 1.54) is 0 Å². The van der Waals surface area contributed by atoms with E-state index < -0.39 is 17.7 Å². The van der Waals surface area contributed by atoms with E-state index in [0.717, 1.165) is 50.4 Å². The largest absolute Gasteiger partial charge is 0.507 e. The molecule has 0 unspecified atom stereocenters. The smallest absolute Gasteiger partial charge is 0.295 e. The minimum atomic E-state index is -0.647. The lowest BCUT2D eigenvalue weighted by Gasteiger charge is -2.29. The minimum absolute atomic E-state index is 0.131. The first-order valence-electron chi connectivity index (χ1n) is 10.6. The van der Waals surface area contributed by atoms with Gasteiger partial charge in [-0.15, -0.1) is 0 Å².